The summed E-state index contributed by atoms with van der Waals surface area (Å²) < 4.78 is 2.13. The van der Waals surface area contributed by atoms with Crippen molar-refractivity contribution in [2.75, 3.05) is 18.5 Å². The van der Waals surface area contributed by atoms with E-state index in [1.165, 1.54) is 0 Å². The van der Waals surface area contributed by atoms with Gasteiger partial charge in [0.15, 0.2) is 0 Å². The zero-order valence-corrected chi connectivity index (χ0v) is 24.5. The summed E-state index contributed by atoms with van der Waals surface area (Å²) in [5, 5.41) is 5.51. The second-order valence-corrected chi connectivity index (χ2v) is 10.6. The molecule has 4 aromatic rings. The van der Waals surface area contributed by atoms with E-state index in [-0.39, 0.29) is 0 Å². The Labute approximate surface area is 242 Å². The van der Waals surface area contributed by atoms with Gasteiger partial charge in [0.25, 0.3) is 0 Å². The highest BCUT2D eigenvalue weighted by atomic mass is 79.9. The van der Waals surface area contributed by atoms with Crippen LogP contribution in [-0.2, 0) is 0 Å². The first kappa shape index (κ1) is 27.4. The molecule has 0 aliphatic carbocycles. The maximum atomic E-state index is 4.07. The summed E-state index contributed by atoms with van der Waals surface area (Å²) in [4.78, 5) is 2.18. The summed E-state index contributed by atoms with van der Waals surface area (Å²) in [5.74, 6) is 0. The van der Waals surface area contributed by atoms with Crippen molar-refractivity contribution in [1.82, 2.24) is 5.32 Å². The molecule has 4 aromatic carbocycles. The van der Waals surface area contributed by atoms with Crippen LogP contribution in [-0.4, -0.2) is 13.6 Å². The highest BCUT2D eigenvalue weighted by Gasteiger charge is 2.06. The summed E-state index contributed by atoms with van der Waals surface area (Å²) in [6.45, 7) is 4.77. The maximum absolute atomic E-state index is 4.07. The average molecular weight is 626 g/mol. The fourth-order valence-electron chi connectivity index (χ4n) is 3.94. The Balaban J connectivity index is 1.53. The molecule has 0 aliphatic rings. The van der Waals surface area contributed by atoms with Crippen molar-refractivity contribution >= 4 is 67.5 Å². The molecule has 0 spiro atoms. The minimum atomic E-state index is 0.703. The van der Waals surface area contributed by atoms with E-state index in [2.05, 4.69) is 141 Å². The van der Waals surface area contributed by atoms with Crippen LogP contribution in [0.3, 0.4) is 0 Å². The molecule has 0 atom stereocenters. The quantitative estimate of drug-likeness (QED) is 0.149. The van der Waals surface area contributed by atoms with Gasteiger partial charge >= 0.3 is 0 Å². The molecule has 0 heterocycles. The average Bonchev–Trinajstić information content (AvgIpc) is 2.93. The highest BCUT2D eigenvalue weighted by Crippen LogP contribution is 2.28. The van der Waals surface area contributed by atoms with Crippen LogP contribution in [0.5, 0.6) is 0 Å². The minimum Gasteiger partial charge on any atom is -0.387 e. The molecule has 0 saturated heterocycles. The van der Waals surface area contributed by atoms with Crippen LogP contribution in [0.1, 0.15) is 11.1 Å². The third-order valence-corrected chi connectivity index (χ3v) is 7.06. The fourth-order valence-corrected chi connectivity index (χ4v) is 4.75. The lowest BCUT2D eigenvalue weighted by Crippen LogP contribution is -2.21. The first-order valence-electron chi connectivity index (χ1n) is 12.4. The molecule has 0 saturated carbocycles. The predicted octanol–water partition coefficient (Wildman–Crippen LogP) is 8.07. The van der Waals surface area contributed by atoms with E-state index in [4.69, 9.17) is 0 Å². The van der Waals surface area contributed by atoms with E-state index in [0.717, 1.165) is 47.5 Å². The second-order valence-electron chi connectivity index (χ2n) is 8.77. The third-order valence-electron chi connectivity index (χ3n) is 6.07. The van der Waals surface area contributed by atoms with Crippen LogP contribution >= 0.6 is 31.9 Å². The summed E-state index contributed by atoms with van der Waals surface area (Å²) >= 11 is 7.13. The van der Waals surface area contributed by atoms with Crippen molar-refractivity contribution in [1.29, 1.82) is 0 Å². The molecule has 38 heavy (non-hydrogen) atoms. The van der Waals surface area contributed by atoms with Gasteiger partial charge in [-0.25, -0.2) is 0 Å². The van der Waals surface area contributed by atoms with Crippen molar-refractivity contribution in [3.8, 4) is 0 Å². The Hall–Kier alpha value is -3.60. The molecule has 4 rings (SSSR count). The van der Waals surface area contributed by atoms with Crippen molar-refractivity contribution in [3.63, 3.8) is 0 Å². The number of hydrogen-bond acceptors (Lipinski definition) is 2. The van der Waals surface area contributed by atoms with Crippen molar-refractivity contribution in [2.45, 2.75) is 0 Å². The van der Waals surface area contributed by atoms with Gasteiger partial charge in [-0.3, -0.25) is 0 Å². The third kappa shape index (κ3) is 7.95. The van der Waals surface area contributed by atoms with E-state index < -0.39 is 0 Å². The van der Waals surface area contributed by atoms with E-state index >= 15 is 0 Å². The van der Waals surface area contributed by atoms with E-state index in [1.807, 2.05) is 48.7 Å². The Kier molecular flexibility index (Phi) is 9.97. The van der Waals surface area contributed by atoms with Gasteiger partial charge in [0, 0.05) is 33.9 Å². The molecule has 4 heteroatoms. The Bertz CT molecular complexity index is 1570. The van der Waals surface area contributed by atoms with Gasteiger partial charge in [0.2, 0.25) is 0 Å². The summed E-state index contributed by atoms with van der Waals surface area (Å²) in [6.07, 6.45) is 12.6. The van der Waals surface area contributed by atoms with Crippen LogP contribution < -0.4 is 20.7 Å². The zero-order valence-electron chi connectivity index (χ0n) is 21.3. The standard InChI is InChI=1S/C34H30Br2N2/c1-26-8-3-4-10-28(26)11-7-22-37-23-21-30(16-15-27-9-5-12-31(35)24-27)29-17-19-33(20-18-29)38(2)34-14-6-13-32(36)25-34/h3-22,24-25,37H,1,23H2,2H3/b16-15-,22-7-,28-11-,30-21+. The Morgan fingerprint density at radius 3 is 2.32 bits per heavy atom. The normalized spacial score (nSPS) is 12.4. The molecule has 0 radical (unpaired) electrons. The number of hydrogen-bond donors (Lipinski definition) is 1. The number of halogens is 2. The maximum Gasteiger partial charge on any atom is 0.0419 e. The van der Waals surface area contributed by atoms with Crippen LogP contribution in [0.4, 0.5) is 11.4 Å². The summed E-state index contributed by atoms with van der Waals surface area (Å²) in [7, 11) is 2.08. The lowest BCUT2D eigenvalue weighted by atomic mass is 10.0. The topological polar surface area (TPSA) is 15.3 Å². The molecule has 2 nitrogen and oxygen atoms in total. The predicted molar refractivity (Wildman–Crippen MR) is 173 cm³/mol. The minimum absolute atomic E-state index is 0.703. The number of nitrogens with one attached hydrogen (secondary N) is 1. The molecule has 0 aromatic heterocycles. The molecule has 0 unspecified atom stereocenters. The largest absolute Gasteiger partial charge is 0.387 e. The van der Waals surface area contributed by atoms with Crippen LogP contribution in [0.2, 0.25) is 0 Å². The first-order chi connectivity index (χ1) is 18.5. The summed E-state index contributed by atoms with van der Waals surface area (Å²) in [6, 6.07) is 33.4. The first-order valence-corrected chi connectivity index (χ1v) is 14.0. The lowest BCUT2D eigenvalue weighted by Gasteiger charge is -2.20. The molecule has 0 amide bonds. The highest BCUT2D eigenvalue weighted by molar-refractivity contribution is 9.10. The van der Waals surface area contributed by atoms with Gasteiger partial charge in [0.1, 0.15) is 0 Å². The molecular weight excluding hydrogens is 596 g/mol. The Morgan fingerprint density at radius 2 is 1.58 bits per heavy atom. The number of anilines is 2. The number of allylic oxidation sites excluding steroid dienone is 3. The van der Waals surface area contributed by atoms with Gasteiger partial charge < -0.3 is 10.2 Å². The summed E-state index contributed by atoms with van der Waals surface area (Å²) in [5.41, 5.74) is 5.71. The molecule has 0 aliphatic heterocycles. The van der Waals surface area contributed by atoms with Crippen LogP contribution in [0, 0.1) is 0 Å². The monoisotopic (exact) mass is 624 g/mol. The van der Waals surface area contributed by atoms with Gasteiger partial charge in [-0.05, 0) is 81.9 Å². The Morgan fingerprint density at radius 1 is 0.842 bits per heavy atom. The number of rotatable bonds is 9. The van der Waals surface area contributed by atoms with Crippen LogP contribution in [0.25, 0.3) is 24.3 Å². The fraction of sp³-hybridized carbons (Fsp3) is 0.0588. The van der Waals surface area contributed by atoms with Crippen molar-refractivity contribution < 1.29 is 0 Å². The van der Waals surface area contributed by atoms with Crippen LogP contribution in [0.15, 0.2) is 130 Å². The van der Waals surface area contributed by atoms with Gasteiger partial charge in [0.05, 0.1) is 0 Å². The smallest absolute Gasteiger partial charge is 0.0419 e. The molecule has 190 valence electrons. The zero-order chi connectivity index (χ0) is 26.7. The van der Waals surface area contributed by atoms with Gasteiger partial charge in [-0.1, -0.05) is 117 Å². The molecule has 1 N–H and O–H groups in total. The number of nitrogens with zero attached hydrogens (tertiary/aromatic N) is 1. The van der Waals surface area contributed by atoms with E-state index in [0.29, 0.717) is 6.54 Å². The SMILES string of the molecule is C=c1cccc/c1=C/C=C\NC/C=C(\C=C/c1cccc(Br)c1)c1ccc(N(C)c2cccc(Br)c2)cc1. The van der Waals surface area contributed by atoms with E-state index in [1.54, 1.807) is 0 Å². The van der Waals surface area contributed by atoms with Gasteiger partial charge in [-0.15, -0.1) is 0 Å². The van der Waals surface area contributed by atoms with Gasteiger partial charge in [-0.2, -0.15) is 0 Å². The molecular formula is C34H30Br2N2. The van der Waals surface area contributed by atoms with Crippen molar-refractivity contribution in [3.05, 3.63) is 152 Å². The lowest BCUT2D eigenvalue weighted by molar-refractivity contribution is 0.988. The van der Waals surface area contributed by atoms with E-state index in [9.17, 15) is 0 Å². The molecule has 0 bridgehead atoms. The van der Waals surface area contributed by atoms with Crippen molar-refractivity contribution in [2.24, 2.45) is 0 Å². The second kappa shape index (κ2) is 13.8. The number of benzene rings is 4. The molecule has 0 fully saturated rings.